The van der Waals surface area contributed by atoms with E-state index in [0.29, 0.717) is 5.75 Å². The van der Waals surface area contributed by atoms with Gasteiger partial charge in [0, 0.05) is 44.3 Å². The van der Waals surface area contributed by atoms with Crippen molar-refractivity contribution in [3.63, 3.8) is 0 Å². The van der Waals surface area contributed by atoms with Gasteiger partial charge in [-0.2, -0.15) is 0 Å². The van der Waals surface area contributed by atoms with E-state index in [1.54, 1.807) is 12.1 Å². The van der Waals surface area contributed by atoms with Crippen molar-refractivity contribution in [2.45, 2.75) is 6.92 Å². The zero-order valence-electron chi connectivity index (χ0n) is 11.8. The van der Waals surface area contributed by atoms with Crippen LogP contribution in [-0.4, -0.2) is 50.8 Å². The number of rotatable bonds is 6. The Bertz CT molecular complexity index is 416. The second-order valence-corrected chi connectivity index (χ2v) is 5.15. The first-order valence-electron chi connectivity index (χ1n) is 6.94. The van der Waals surface area contributed by atoms with Crippen LogP contribution in [0.5, 0.6) is 5.75 Å². The second kappa shape index (κ2) is 7.24. The predicted octanol–water partition coefficient (Wildman–Crippen LogP) is 1.95. The third-order valence-electron chi connectivity index (χ3n) is 3.57. The monoisotopic (exact) mass is 280 g/mol. The van der Waals surface area contributed by atoms with Crippen molar-refractivity contribution in [1.29, 1.82) is 0 Å². The molecule has 0 unspecified atom stereocenters. The van der Waals surface area contributed by atoms with Gasteiger partial charge in [0.2, 0.25) is 6.86 Å². The van der Waals surface area contributed by atoms with E-state index in [1.807, 2.05) is 19.1 Å². The molecule has 0 radical (unpaired) electrons. The van der Waals surface area contributed by atoms with E-state index < -0.39 is 6.86 Å². The summed E-state index contributed by atoms with van der Waals surface area (Å²) < 4.78 is 16.8. The van der Waals surface area contributed by atoms with Gasteiger partial charge in [0.25, 0.3) is 0 Å². The van der Waals surface area contributed by atoms with E-state index in [-0.39, 0.29) is 5.92 Å². The number of hydrogen-bond acceptors (Lipinski definition) is 4. The zero-order chi connectivity index (χ0) is 14.4. The number of nitrogens with zero attached hydrogens (tertiary/aromatic N) is 2. The molecule has 0 aromatic heterocycles. The summed E-state index contributed by atoms with van der Waals surface area (Å²) >= 11 is 0. The molecule has 0 spiro atoms. The molecule has 0 N–H and O–H groups in total. The standard InChI is InChI=1S/C15H21FN2O2/c1-13(11-19)10-17-6-8-18(9-7-17)14-2-4-15(5-3-14)20-12-16/h2-5,11,13H,6-10,12H2,1H3/t13-/m0/s1. The molecule has 1 aliphatic heterocycles. The third kappa shape index (κ3) is 3.93. The van der Waals surface area contributed by atoms with Crippen molar-refractivity contribution in [1.82, 2.24) is 4.90 Å². The summed E-state index contributed by atoms with van der Waals surface area (Å²) in [6.45, 7) is 5.78. The molecule has 0 aliphatic carbocycles. The van der Waals surface area contributed by atoms with E-state index >= 15 is 0 Å². The highest BCUT2D eigenvalue weighted by atomic mass is 19.1. The number of hydrogen-bond donors (Lipinski definition) is 0. The Kier molecular flexibility index (Phi) is 5.35. The van der Waals surface area contributed by atoms with E-state index in [2.05, 4.69) is 9.80 Å². The summed E-state index contributed by atoms with van der Waals surface area (Å²) in [6.07, 6.45) is 1.01. The van der Waals surface area contributed by atoms with E-state index in [4.69, 9.17) is 4.74 Å². The van der Waals surface area contributed by atoms with E-state index in [9.17, 15) is 9.18 Å². The van der Waals surface area contributed by atoms with Gasteiger partial charge in [0.05, 0.1) is 0 Å². The van der Waals surface area contributed by atoms with Crippen LogP contribution in [0.4, 0.5) is 10.1 Å². The molecule has 20 heavy (non-hydrogen) atoms. The molecular weight excluding hydrogens is 259 g/mol. The molecular formula is C15H21FN2O2. The Balaban J connectivity index is 1.85. The maximum absolute atomic E-state index is 12.0. The van der Waals surface area contributed by atoms with Gasteiger partial charge < -0.3 is 14.4 Å². The molecule has 0 amide bonds. The lowest BCUT2D eigenvalue weighted by molar-refractivity contribution is -0.111. The van der Waals surface area contributed by atoms with Crippen molar-refractivity contribution in [3.8, 4) is 5.75 Å². The molecule has 1 saturated heterocycles. The van der Waals surface area contributed by atoms with Crippen LogP contribution in [0.1, 0.15) is 6.92 Å². The van der Waals surface area contributed by atoms with Crippen molar-refractivity contribution in [2.24, 2.45) is 5.92 Å². The molecule has 5 heteroatoms. The van der Waals surface area contributed by atoms with Gasteiger partial charge in [0.1, 0.15) is 12.0 Å². The molecule has 1 aliphatic rings. The van der Waals surface area contributed by atoms with Crippen molar-refractivity contribution < 1.29 is 13.9 Å². The van der Waals surface area contributed by atoms with Crippen LogP contribution in [0.15, 0.2) is 24.3 Å². The minimum Gasteiger partial charge on any atom is -0.463 e. The normalized spacial score (nSPS) is 17.8. The number of benzene rings is 1. The summed E-state index contributed by atoms with van der Waals surface area (Å²) in [5.41, 5.74) is 1.12. The van der Waals surface area contributed by atoms with E-state index in [0.717, 1.165) is 44.7 Å². The molecule has 1 heterocycles. The summed E-state index contributed by atoms with van der Waals surface area (Å²) in [5, 5.41) is 0. The largest absolute Gasteiger partial charge is 0.463 e. The van der Waals surface area contributed by atoms with Crippen LogP contribution in [-0.2, 0) is 4.79 Å². The first-order valence-corrected chi connectivity index (χ1v) is 6.94. The Morgan fingerprint density at radius 2 is 1.90 bits per heavy atom. The molecule has 0 saturated carbocycles. The Labute approximate surface area is 119 Å². The molecule has 1 atom stereocenters. The van der Waals surface area contributed by atoms with Crippen LogP contribution in [0, 0.1) is 5.92 Å². The van der Waals surface area contributed by atoms with Gasteiger partial charge in [-0.15, -0.1) is 0 Å². The average Bonchev–Trinajstić information content (AvgIpc) is 2.49. The number of aldehydes is 1. The predicted molar refractivity (Wildman–Crippen MR) is 76.9 cm³/mol. The molecule has 4 nitrogen and oxygen atoms in total. The van der Waals surface area contributed by atoms with Gasteiger partial charge >= 0.3 is 0 Å². The average molecular weight is 280 g/mol. The molecule has 1 fully saturated rings. The highest BCUT2D eigenvalue weighted by Crippen LogP contribution is 2.21. The number of anilines is 1. The number of halogens is 1. The van der Waals surface area contributed by atoms with Gasteiger partial charge in [-0.05, 0) is 24.3 Å². The van der Waals surface area contributed by atoms with Crippen LogP contribution >= 0.6 is 0 Å². The summed E-state index contributed by atoms with van der Waals surface area (Å²) in [5.74, 6) is 0.647. The molecule has 1 aromatic rings. The number of alkyl halides is 1. The first-order chi connectivity index (χ1) is 9.72. The number of ether oxygens (including phenoxy) is 1. The minimum atomic E-state index is -0.799. The smallest absolute Gasteiger partial charge is 0.228 e. The highest BCUT2D eigenvalue weighted by Gasteiger charge is 2.18. The fourth-order valence-electron chi connectivity index (χ4n) is 2.46. The molecule has 0 bridgehead atoms. The number of piperazine rings is 1. The fourth-order valence-corrected chi connectivity index (χ4v) is 2.46. The van der Waals surface area contributed by atoms with Gasteiger partial charge in [0.15, 0.2) is 0 Å². The van der Waals surface area contributed by atoms with Crippen LogP contribution in [0.2, 0.25) is 0 Å². The molecule has 2 rings (SSSR count). The van der Waals surface area contributed by atoms with Crippen molar-refractivity contribution in [3.05, 3.63) is 24.3 Å². The highest BCUT2D eigenvalue weighted by molar-refractivity contribution is 5.53. The number of carbonyl (C=O) groups is 1. The van der Waals surface area contributed by atoms with E-state index in [1.165, 1.54) is 0 Å². The first kappa shape index (κ1) is 14.8. The van der Waals surface area contributed by atoms with Gasteiger partial charge in [-0.25, -0.2) is 4.39 Å². The molecule has 110 valence electrons. The maximum atomic E-state index is 12.0. The van der Waals surface area contributed by atoms with Crippen molar-refractivity contribution in [2.75, 3.05) is 44.5 Å². The Morgan fingerprint density at radius 1 is 1.25 bits per heavy atom. The third-order valence-corrected chi connectivity index (χ3v) is 3.57. The lowest BCUT2D eigenvalue weighted by Crippen LogP contribution is -2.47. The van der Waals surface area contributed by atoms with Crippen LogP contribution in [0.25, 0.3) is 0 Å². The SMILES string of the molecule is C[C@H](C=O)CN1CCN(c2ccc(OCF)cc2)CC1. The quantitative estimate of drug-likeness (QED) is 0.746. The van der Waals surface area contributed by atoms with Gasteiger partial charge in [-0.1, -0.05) is 6.92 Å². The summed E-state index contributed by atoms with van der Waals surface area (Å²) in [4.78, 5) is 15.3. The lowest BCUT2D eigenvalue weighted by Gasteiger charge is -2.36. The Morgan fingerprint density at radius 3 is 2.45 bits per heavy atom. The topological polar surface area (TPSA) is 32.8 Å². The minimum absolute atomic E-state index is 0.0960. The van der Waals surface area contributed by atoms with Crippen molar-refractivity contribution >= 4 is 12.0 Å². The number of carbonyl (C=O) groups excluding carboxylic acids is 1. The van der Waals surface area contributed by atoms with Crippen LogP contribution in [0.3, 0.4) is 0 Å². The molecule has 1 aromatic carbocycles. The van der Waals surface area contributed by atoms with Gasteiger partial charge in [-0.3, -0.25) is 4.90 Å². The second-order valence-electron chi connectivity index (χ2n) is 5.15. The summed E-state index contributed by atoms with van der Waals surface area (Å²) in [6, 6.07) is 7.48. The Hall–Kier alpha value is -1.62. The fraction of sp³-hybridized carbons (Fsp3) is 0.533. The zero-order valence-corrected chi connectivity index (χ0v) is 11.8. The maximum Gasteiger partial charge on any atom is 0.228 e. The lowest BCUT2D eigenvalue weighted by atomic mass is 10.1. The summed E-state index contributed by atoms with van der Waals surface area (Å²) in [7, 11) is 0. The van der Waals surface area contributed by atoms with Crippen LogP contribution < -0.4 is 9.64 Å².